The Balaban J connectivity index is 2.24. The molecule has 0 aliphatic carbocycles. The van der Waals surface area contributed by atoms with E-state index >= 15 is 0 Å². The number of hydrogen-bond acceptors (Lipinski definition) is 4. The van der Waals surface area contributed by atoms with E-state index in [9.17, 15) is 15.0 Å². The summed E-state index contributed by atoms with van der Waals surface area (Å²) in [6.07, 6.45) is 2.64. The highest BCUT2D eigenvalue weighted by Crippen LogP contribution is 2.46. The highest BCUT2D eigenvalue weighted by molar-refractivity contribution is 5.80. The Morgan fingerprint density at radius 3 is 2.75 bits per heavy atom. The Kier molecular flexibility index (Phi) is 3.19. The van der Waals surface area contributed by atoms with Gasteiger partial charge in [0.25, 0.3) is 0 Å². The zero-order valence-electron chi connectivity index (χ0n) is 9.30. The van der Waals surface area contributed by atoms with Crippen LogP contribution in [0, 0.1) is 5.92 Å². The summed E-state index contributed by atoms with van der Waals surface area (Å²) in [7, 11) is 0. The van der Waals surface area contributed by atoms with Gasteiger partial charge in [0.05, 0.1) is 0 Å². The van der Waals surface area contributed by atoms with E-state index in [4.69, 9.17) is 5.11 Å². The molecule has 2 aliphatic heterocycles. The quantitative estimate of drug-likeness (QED) is 0.615. The van der Waals surface area contributed by atoms with E-state index in [1.54, 1.807) is 0 Å². The lowest BCUT2D eigenvalue weighted by Gasteiger charge is -2.31. The van der Waals surface area contributed by atoms with Gasteiger partial charge in [-0.2, -0.15) is 0 Å². The van der Waals surface area contributed by atoms with Gasteiger partial charge in [-0.1, -0.05) is 0 Å². The second-order valence-corrected chi connectivity index (χ2v) is 4.86. The van der Waals surface area contributed by atoms with Gasteiger partial charge >= 0.3 is 5.97 Å². The molecular weight excluding hydrogens is 210 g/mol. The summed E-state index contributed by atoms with van der Waals surface area (Å²) in [5, 5.41) is 27.7. The number of carbonyl (C=O) groups is 1. The maximum absolute atomic E-state index is 11.4. The molecule has 2 fully saturated rings. The highest BCUT2D eigenvalue weighted by atomic mass is 16.4. The maximum Gasteiger partial charge on any atom is 0.324 e. The van der Waals surface area contributed by atoms with Crippen molar-refractivity contribution in [3.8, 4) is 0 Å². The summed E-state index contributed by atoms with van der Waals surface area (Å²) in [6, 6.07) is 0.0219. The third-order valence-electron chi connectivity index (χ3n) is 4.14. The van der Waals surface area contributed by atoms with Gasteiger partial charge < -0.3 is 15.3 Å². The van der Waals surface area contributed by atoms with Crippen LogP contribution in [0.1, 0.15) is 25.7 Å². The monoisotopic (exact) mass is 229 g/mol. The number of aliphatic hydroxyl groups is 2. The number of aliphatic hydroxyl groups excluding tert-OH is 2. The van der Waals surface area contributed by atoms with Crippen molar-refractivity contribution in [1.82, 2.24) is 4.90 Å². The molecule has 0 spiro atoms. The minimum Gasteiger partial charge on any atom is -0.480 e. The normalized spacial score (nSPS) is 38.9. The minimum atomic E-state index is -0.774. The predicted octanol–water partition coefficient (Wildman–Crippen LogP) is -0.331. The molecule has 2 heterocycles. The molecule has 2 saturated heterocycles. The van der Waals surface area contributed by atoms with Crippen molar-refractivity contribution in [2.24, 2.45) is 5.92 Å². The molecule has 2 aliphatic rings. The third kappa shape index (κ3) is 1.54. The summed E-state index contributed by atoms with van der Waals surface area (Å²) in [4.78, 5) is 13.4. The molecule has 5 heteroatoms. The number of carboxylic acids is 1. The number of hydrogen-bond donors (Lipinski definition) is 3. The van der Waals surface area contributed by atoms with Crippen LogP contribution < -0.4 is 0 Å². The summed E-state index contributed by atoms with van der Waals surface area (Å²) >= 11 is 0. The van der Waals surface area contributed by atoms with Crippen LogP contribution in [0.5, 0.6) is 0 Å². The average molecular weight is 229 g/mol. The zero-order valence-corrected chi connectivity index (χ0v) is 9.30. The average Bonchev–Trinajstić information content (AvgIpc) is 2.77. The molecule has 3 N–H and O–H groups in total. The van der Waals surface area contributed by atoms with E-state index in [-0.39, 0.29) is 25.2 Å². The first-order valence-electron chi connectivity index (χ1n) is 5.87. The van der Waals surface area contributed by atoms with Crippen LogP contribution in [0.2, 0.25) is 0 Å². The van der Waals surface area contributed by atoms with Crippen molar-refractivity contribution in [3.05, 3.63) is 0 Å². The lowest BCUT2D eigenvalue weighted by atomic mass is 9.88. The van der Waals surface area contributed by atoms with Crippen LogP contribution in [0.25, 0.3) is 0 Å². The summed E-state index contributed by atoms with van der Waals surface area (Å²) in [6.45, 7) is 0.830. The topological polar surface area (TPSA) is 81.0 Å². The first-order chi connectivity index (χ1) is 7.65. The Bertz CT molecular complexity index is 283. The number of nitrogens with zero attached hydrogens (tertiary/aromatic N) is 1. The summed E-state index contributed by atoms with van der Waals surface area (Å²) < 4.78 is 0. The van der Waals surface area contributed by atoms with E-state index in [1.807, 2.05) is 4.90 Å². The molecule has 0 aromatic heterocycles. The Labute approximate surface area is 94.7 Å². The van der Waals surface area contributed by atoms with Gasteiger partial charge in [-0.15, -0.1) is 0 Å². The largest absolute Gasteiger partial charge is 0.480 e. The van der Waals surface area contributed by atoms with Crippen LogP contribution in [0.4, 0.5) is 0 Å². The van der Waals surface area contributed by atoms with Gasteiger partial charge in [-0.3, -0.25) is 9.69 Å². The van der Waals surface area contributed by atoms with Crippen molar-refractivity contribution in [2.45, 2.75) is 37.3 Å². The lowest BCUT2D eigenvalue weighted by molar-refractivity contribution is -0.148. The molecule has 0 amide bonds. The Morgan fingerprint density at radius 2 is 2.19 bits per heavy atom. The van der Waals surface area contributed by atoms with Crippen LogP contribution >= 0.6 is 0 Å². The van der Waals surface area contributed by atoms with Crippen LogP contribution in [0.15, 0.2) is 0 Å². The fourth-order valence-electron chi connectivity index (χ4n) is 3.45. The van der Waals surface area contributed by atoms with E-state index < -0.39 is 11.5 Å². The number of fused-ring (bicyclic) bond motifs is 1. The molecule has 0 unspecified atom stereocenters. The van der Waals surface area contributed by atoms with Gasteiger partial charge in [0.1, 0.15) is 5.54 Å². The first kappa shape index (κ1) is 11.8. The molecule has 0 aromatic carbocycles. The highest BCUT2D eigenvalue weighted by Gasteiger charge is 2.57. The molecule has 3 atom stereocenters. The van der Waals surface area contributed by atoms with Crippen LogP contribution in [-0.2, 0) is 4.79 Å². The molecule has 0 saturated carbocycles. The minimum absolute atomic E-state index is 0.0101. The molecule has 0 aromatic rings. The van der Waals surface area contributed by atoms with Crippen molar-refractivity contribution < 1.29 is 20.1 Å². The second-order valence-electron chi connectivity index (χ2n) is 4.86. The number of aliphatic carboxylic acids is 1. The fraction of sp³-hybridized carbons (Fsp3) is 0.909. The maximum atomic E-state index is 11.4. The smallest absolute Gasteiger partial charge is 0.324 e. The van der Waals surface area contributed by atoms with Gasteiger partial charge in [0.15, 0.2) is 0 Å². The molecule has 92 valence electrons. The van der Waals surface area contributed by atoms with E-state index in [2.05, 4.69) is 0 Å². The van der Waals surface area contributed by atoms with Crippen molar-refractivity contribution >= 4 is 5.97 Å². The molecule has 0 radical (unpaired) electrons. The van der Waals surface area contributed by atoms with E-state index in [0.717, 1.165) is 13.0 Å². The molecule has 16 heavy (non-hydrogen) atoms. The van der Waals surface area contributed by atoms with E-state index in [0.29, 0.717) is 19.3 Å². The number of carboxylic acid groups (broad SMARTS) is 1. The second kappa shape index (κ2) is 4.31. The van der Waals surface area contributed by atoms with Gasteiger partial charge in [0.2, 0.25) is 0 Å². The van der Waals surface area contributed by atoms with Crippen LogP contribution in [0.3, 0.4) is 0 Å². The summed E-state index contributed by atoms with van der Waals surface area (Å²) in [5.41, 5.74) is -0.771. The van der Waals surface area contributed by atoms with E-state index in [1.165, 1.54) is 0 Å². The zero-order chi connectivity index (χ0) is 11.8. The summed E-state index contributed by atoms with van der Waals surface area (Å²) in [5.74, 6) is -0.785. The van der Waals surface area contributed by atoms with Crippen molar-refractivity contribution in [3.63, 3.8) is 0 Å². The standard InChI is InChI=1S/C11H19NO4/c13-5-2-9-8(7-14)6-11(10(15)16)3-1-4-12(9)11/h8-9,13-14H,1-7H2,(H,15,16)/t8-,9+,11-/m1/s1. The van der Waals surface area contributed by atoms with Crippen molar-refractivity contribution in [2.75, 3.05) is 19.8 Å². The third-order valence-corrected chi connectivity index (χ3v) is 4.14. The van der Waals surface area contributed by atoms with Crippen molar-refractivity contribution in [1.29, 1.82) is 0 Å². The Morgan fingerprint density at radius 1 is 1.44 bits per heavy atom. The number of rotatable bonds is 4. The predicted molar refractivity (Wildman–Crippen MR) is 57.0 cm³/mol. The SMILES string of the molecule is O=C(O)[C@]12CCCN1[C@@H](CCO)[C@@H](CO)C2. The van der Waals surface area contributed by atoms with Gasteiger partial charge in [0, 0.05) is 19.3 Å². The van der Waals surface area contributed by atoms with Crippen LogP contribution in [-0.4, -0.2) is 57.5 Å². The van der Waals surface area contributed by atoms with Gasteiger partial charge in [-0.05, 0) is 38.1 Å². The first-order valence-corrected chi connectivity index (χ1v) is 5.87. The molecule has 5 nitrogen and oxygen atoms in total. The Hall–Kier alpha value is -0.650. The fourth-order valence-corrected chi connectivity index (χ4v) is 3.45. The van der Waals surface area contributed by atoms with Gasteiger partial charge in [-0.25, -0.2) is 0 Å². The molecule has 0 bridgehead atoms. The lowest BCUT2D eigenvalue weighted by Crippen LogP contribution is -2.48. The molecule has 2 rings (SSSR count). The molecular formula is C11H19NO4.